The molecule has 6 aromatic heterocycles. The van der Waals surface area contributed by atoms with E-state index in [1.807, 2.05) is 56.3 Å². The van der Waals surface area contributed by atoms with E-state index < -0.39 is 0 Å². The van der Waals surface area contributed by atoms with E-state index in [1.165, 1.54) is 11.1 Å². The molecule has 0 aliphatic rings. The van der Waals surface area contributed by atoms with Crippen molar-refractivity contribution in [3.8, 4) is 33.6 Å². The Balaban J connectivity index is 0.000000154. The third kappa shape index (κ3) is 7.90. The van der Waals surface area contributed by atoms with Crippen LogP contribution in [-0.4, -0.2) is 42.2 Å². The Morgan fingerprint density at radius 3 is 1.33 bits per heavy atom. The maximum atomic E-state index is 6.67. The predicted molar refractivity (Wildman–Crippen MR) is 254 cm³/mol. The molecular formula is C46H36Cl4N8S2. The van der Waals surface area contributed by atoms with Gasteiger partial charge in [0.1, 0.15) is 23.7 Å². The summed E-state index contributed by atoms with van der Waals surface area (Å²) in [4.78, 5) is 18.3. The molecule has 0 unspecified atom stereocenters. The Labute approximate surface area is 374 Å². The zero-order valence-electron chi connectivity index (χ0n) is 32.0. The average Bonchev–Trinajstić information content (AvgIpc) is 4.10. The monoisotopic (exact) mass is 904 g/mol. The van der Waals surface area contributed by atoms with Crippen molar-refractivity contribution in [3.63, 3.8) is 0 Å². The van der Waals surface area contributed by atoms with Crippen LogP contribution in [0.3, 0.4) is 0 Å². The molecule has 0 saturated carbocycles. The number of nitrogens with zero attached hydrogens (tertiary/aromatic N) is 6. The van der Waals surface area contributed by atoms with Crippen molar-refractivity contribution in [1.29, 1.82) is 0 Å². The predicted octanol–water partition coefficient (Wildman–Crippen LogP) is 13.0. The Bertz CT molecular complexity index is 2930. The van der Waals surface area contributed by atoms with E-state index in [0.29, 0.717) is 33.2 Å². The van der Waals surface area contributed by atoms with Gasteiger partial charge in [0, 0.05) is 21.9 Å². The lowest BCUT2D eigenvalue weighted by Gasteiger charge is -2.11. The summed E-state index contributed by atoms with van der Waals surface area (Å²) in [5.41, 5.74) is 24.7. The van der Waals surface area contributed by atoms with Crippen LogP contribution in [0.5, 0.6) is 0 Å². The highest BCUT2D eigenvalue weighted by molar-refractivity contribution is 7.08. The van der Waals surface area contributed by atoms with E-state index >= 15 is 0 Å². The molecule has 0 aliphatic heterocycles. The second-order valence-electron chi connectivity index (χ2n) is 14.3. The molecule has 0 bridgehead atoms. The van der Waals surface area contributed by atoms with E-state index in [1.54, 1.807) is 47.7 Å². The molecule has 0 amide bonds. The van der Waals surface area contributed by atoms with Crippen molar-refractivity contribution in [2.24, 2.45) is 11.5 Å². The van der Waals surface area contributed by atoms with E-state index in [2.05, 4.69) is 67.1 Å². The maximum Gasteiger partial charge on any atom is 0.108 e. The normalized spacial score (nSPS) is 11.6. The number of pyridine rings is 2. The lowest BCUT2D eigenvalue weighted by Crippen LogP contribution is -2.01. The number of hydrogen-bond acceptors (Lipinski definition) is 8. The van der Waals surface area contributed by atoms with Gasteiger partial charge in [-0.15, -0.1) is 0 Å². The first-order valence-corrected chi connectivity index (χ1v) is 22.6. The smallest absolute Gasteiger partial charge is 0.108 e. The first-order valence-electron chi connectivity index (χ1n) is 19.2. The van der Waals surface area contributed by atoms with Crippen molar-refractivity contribution in [2.45, 2.75) is 25.7 Å². The number of benzene rings is 4. The van der Waals surface area contributed by atoms with Crippen LogP contribution in [-0.2, 0) is 12.8 Å². The van der Waals surface area contributed by atoms with E-state index in [-0.39, 0.29) is 0 Å². The summed E-state index contributed by atoms with van der Waals surface area (Å²) < 4.78 is 4.05. The zero-order chi connectivity index (χ0) is 41.3. The number of rotatable bonds is 10. The van der Waals surface area contributed by atoms with Gasteiger partial charge in [0.25, 0.3) is 0 Å². The third-order valence-corrected chi connectivity index (χ3v) is 13.1. The molecule has 60 heavy (non-hydrogen) atoms. The summed E-state index contributed by atoms with van der Waals surface area (Å²) in [6.07, 6.45) is 10.8. The Morgan fingerprint density at radius 1 is 0.500 bits per heavy atom. The van der Waals surface area contributed by atoms with Gasteiger partial charge in [-0.1, -0.05) is 58.5 Å². The average molecular weight is 907 g/mol. The van der Waals surface area contributed by atoms with Crippen molar-refractivity contribution >= 4 is 113 Å². The minimum atomic E-state index is 0.666. The van der Waals surface area contributed by atoms with Crippen LogP contribution in [0, 0.1) is 0 Å². The topological polar surface area (TPSA) is 113 Å². The van der Waals surface area contributed by atoms with Gasteiger partial charge in [-0.3, -0.25) is 19.1 Å². The standard InChI is InChI=1S/2C23H18Cl2N4S/c2*24-18-10-20-17(9-16(18)15-5-7-30-12-15)23-21(11-27-20)28-13-29(23)22-4-3-14(2-1-6-26)8-19(22)25/h2*3-5,7-13H,1-2,6,26H2. The van der Waals surface area contributed by atoms with Gasteiger partial charge in [-0.05, 0) is 143 Å². The number of aromatic nitrogens is 6. The molecule has 0 saturated heterocycles. The number of hydrogen-bond donors (Lipinski definition) is 2. The van der Waals surface area contributed by atoms with Gasteiger partial charge in [0.2, 0.25) is 0 Å². The highest BCUT2D eigenvalue weighted by Gasteiger charge is 2.17. The molecule has 6 heterocycles. The summed E-state index contributed by atoms with van der Waals surface area (Å²) in [6.45, 7) is 1.33. The van der Waals surface area contributed by atoms with Crippen LogP contribution in [0.1, 0.15) is 24.0 Å². The summed E-state index contributed by atoms with van der Waals surface area (Å²) >= 11 is 29.8. The lowest BCUT2D eigenvalue weighted by molar-refractivity contribution is 0.832. The molecule has 300 valence electrons. The second-order valence-corrected chi connectivity index (χ2v) is 17.5. The molecule has 0 spiro atoms. The largest absolute Gasteiger partial charge is 0.330 e. The fourth-order valence-corrected chi connectivity index (χ4v) is 9.92. The van der Waals surface area contributed by atoms with Crippen LogP contribution in [0.25, 0.3) is 77.5 Å². The highest BCUT2D eigenvalue weighted by atomic mass is 35.5. The Hall–Kier alpha value is -4.88. The minimum absolute atomic E-state index is 0.666. The van der Waals surface area contributed by atoms with Crippen molar-refractivity contribution in [1.82, 2.24) is 29.1 Å². The second kappa shape index (κ2) is 17.6. The lowest BCUT2D eigenvalue weighted by atomic mass is 10.0. The van der Waals surface area contributed by atoms with Gasteiger partial charge in [0.15, 0.2) is 0 Å². The van der Waals surface area contributed by atoms with Gasteiger partial charge in [-0.2, -0.15) is 22.7 Å². The minimum Gasteiger partial charge on any atom is -0.330 e. The summed E-state index contributed by atoms with van der Waals surface area (Å²) in [6, 6.07) is 24.4. The van der Waals surface area contributed by atoms with E-state index in [0.717, 1.165) is 103 Å². The van der Waals surface area contributed by atoms with Crippen LogP contribution < -0.4 is 11.5 Å². The quantitative estimate of drug-likeness (QED) is 0.141. The van der Waals surface area contributed by atoms with Crippen molar-refractivity contribution < 1.29 is 0 Å². The molecule has 14 heteroatoms. The summed E-state index contributed by atoms with van der Waals surface area (Å²) in [5.74, 6) is 0. The third-order valence-electron chi connectivity index (χ3n) is 10.5. The molecular weight excluding hydrogens is 871 g/mol. The molecule has 4 aromatic carbocycles. The Kier molecular flexibility index (Phi) is 11.9. The van der Waals surface area contributed by atoms with Crippen LogP contribution >= 0.6 is 69.1 Å². The van der Waals surface area contributed by atoms with Crippen LogP contribution in [0.2, 0.25) is 20.1 Å². The number of imidazole rings is 2. The SMILES string of the molecule is NCCCc1ccc(-n2cnc3cnc4cc(Cl)c(-c5ccsc5)cc4c32)c(Cl)c1.NCCCc1ccc(-n2cnc3cnc4cc(Cl)c(-c5ccsc5)cc4c32)c(Cl)c1. The highest BCUT2D eigenvalue weighted by Crippen LogP contribution is 2.38. The summed E-state index contributed by atoms with van der Waals surface area (Å²) in [5, 5.41) is 13.0. The van der Waals surface area contributed by atoms with Crippen LogP contribution in [0.4, 0.5) is 0 Å². The fourth-order valence-electron chi connectivity index (χ4n) is 7.49. The molecule has 8 nitrogen and oxygen atoms in total. The Morgan fingerprint density at radius 2 is 0.950 bits per heavy atom. The number of thiophene rings is 2. The number of halogens is 4. The molecule has 0 fully saturated rings. The molecule has 10 rings (SSSR count). The molecule has 10 aromatic rings. The number of fused-ring (bicyclic) bond motifs is 6. The van der Waals surface area contributed by atoms with Gasteiger partial charge < -0.3 is 11.5 Å². The van der Waals surface area contributed by atoms with Crippen molar-refractivity contribution in [2.75, 3.05) is 13.1 Å². The first-order chi connectivity index (χ1) is 29.3. The zero-order valence-corrected chi connectivity index (χ0v) is 36.6. The molecule has 0 aliphatic carbocycles. The fraction of sp³-hybridized carbons (Fsp3) is 0.130. The number of aryl methyl sites for hydroxylation is 2. The van der Waals surface area contributed by atoms with Gasteiger partial charge >= 0.3 is 0 Å². The van der Waals surface area contributed by atoms with Gasteiger partial charge in [-0.25, -0.2) is 9.97 Å². The van der Waals surface area contributed by atoms with E-state index in [9.17, 15) is 0 Å². The van der Waals surface area contributed by atoms with E-state index in [4.69, 9.17) is 57.9 Å². The van der Waals surface area contributed by atoms with Gasteiger partial charge in [0.05, 0.1) is 65.9 Å². The molecule has 4 N–H and O–H groups in total. The van der Waals surface area contributed by atoms with Crippen LogP contribution in [0.15, 0.2) is 119 Å². The maximum absolute atomic E-state index is 6.67. The first kappa shape index (κ1) is 40.5. The molecule has 0 radical (unpaired) electrons. The summed E-state index contributed by atoms with van der Waals surface area (Å²) in [7, 11) is 0. The molecule has 0 atom stereocenters. The van der Waals surface area contributed by atoms with Crippen molar-refractivity contribution in [3.05, 3.63) is 151 Å². The number of nitrogens with two attached hydrogens (primary N) is 2.